The summed E-state index contributed by atoms with van der Waals surface area (Å²) in [5.41, 5.74) is 0.178. The largest absolute Gasteiger partial charge is 0.444 e. The number of nitrogens with one attached hydrogen (secondary N) is 2. The van der Waals surface area contributed by atoms with Crippen molar-refractivity contribution in [2.24, 2.45) is 7.05 Å². The minimum Gasteiger partial charge on any atom is -0.444 e. The van der Waals surface area contributed by atoms with Gasteiger partial charge >= 0.3 is 6.09 Å². The predicted molar refractivity (Wildman–Crippen MR) is 152 cm³/mol. The van der Waals surface area contributed by atoms with Crippen molar-refractivity contribution in [2.45, 2.75) is 32.8 Å². The Kier molecular flexibility index (Phi) is 10.9. The first-order valence-electron chi connectivity index (χ1n) is 12.8. The molecule has 0 saturated carbocycles. The summed E-state index contributed by atoms with van der Waals surface area (Å²) in [5.74, 6) is -0.502. The van der Waals surface area contributed by atoms with E-state index in [-0.39, 0.29) is 48.8 Å². The Hall–Kier alpha value is -3.16. The fraction of sp³-hybridized carbons (Fsp3) is 0.500. The van der Waals surface area contributed by atoms with Crippen LogP contribution < -0.4 is 10.6 Å². The SMILES string of the molecule is Cn1c(Br)cnc1C(=O)Nc1ccc(C(=O)N2CCN(C(=O)CCOCCNC(=O)OC(C)(C)C)CC2)c(Cl)c1. The highest BCUT2D eigenvalue weighted by Crippen LogP contribution is 2.24. The van der Waals surface area contributed by atoms with Gasteiger partial charge in [-0.3, -0.25) is 14.4 Å². The van der Waals surface area contributed by atoms with Gasteiger partial charge in [-0.15, -0.1) is 0 Å². The molecule has 2 heterocycles. The third-order valence-electron chi connectivity index (χ3n) is 5.89. The fourth-order valence-electron chi connectivity index (χ4n) is 3.84. The van der Waals surface area contributed by atoms with E-state index in [0.717, 1.165) is 0 Å². The van der Waals surface area contributed by atoms with Crippen molar-refractivity contribution in [3.63, 3.8) is 0 Å². The summed E-state index contributed by atoms with van der Waals surface area (Å²) in [6.45, 7) is 7.65. The zero-order valence-corrected chi connectivity index (χ0v) is 25.3. The number of rotatable bonds is 9. The summed E-state index contributed by atoms with van der Waals surface area (Å²) >= 11 is 9.69. The second kappa shape index (κ2) is 14.0. The second-order valence-electron chi connectivity index (χ2n) is 10.1. The molecule has 1 saturated heterocycles. The Morgan fingerprint density at radius 2 is 1.75 bits per heavy atom. The van der Waals surface area contributed by atoms with Crippen molar-refractivity contribution < 1.29 is 28.7 Å². The lowest BCUT2D eigenvalue weighted by atomic mass is 10.1. The number of carbonyl (C=O) groups is 4. The molecule has 1 fully saturated rings. The summed E-state index contributed by atoms with van der Waals surface area (Å²) in [6, 6.07) is 4.70. The van der Waals surface area contributed by atoms with Crippen molar-refractivity contribution in [3.05, 3.63) is 45.4 Å². The average Bonchev–Trinajstić information content (AvgIpc) is 3.22. The van der Waals surface area contributed by atoms with Gasteiger partial charge in [-0.1, -0.05) is 11.6 Å². The number of imidazole rings is 1. The maximum absolute atomic E-state index is 13.1. The quantitative estimate of drug-likeness (QED) is 0.401. The molecule has 3 rings (SSSR count). The van der Waals surface area contributed by atoms with Crippen LogP contribution in [0.3, 0.4) is 0 Å². The first-order chi connectivity index (χ1) is 18.9. The summed E-state index contributed by atoms with van der Waals surface area (Å²) in [4.78, 5) is 57.1. The van der Waals surface area contributed by atoms with Crippen molar-refractivity contribution in [1.82, 2.24) is 24.7 Å². The van der Waals surface area contributed by atoms with Crippen molar-refractivity contribution in [1.29, 1.82) is 0 Å². The number of amides is 4. The molecule has 0 spiro atoms. The smallest absolute Gasteiger partial charge is 0.407 e. The van der Waals surface area contributed by atoms with Gasteiger partial charge < -0.3 is 34.5 Å². The Morgan fingerprint density at radius 3 is 2.35 bits per heavy atom. The van der Waals surface area contributed by atoms with Crippen LogP contribution in [0.25, 0.3) is 0 Å². The molecule has 14 heteroatoms. The Morgan fingerprint density at radius 1 is 1.07 bits per heavy atom. The maximum Gasteiger partial charge on any atom is 0.407 e. The molecule has 2 N–H and O–H groups in total. The van der Waals surface area contributed by atoms with Crippen LogP contribution in [0, 0.1) is 0 Å². The number of piperazine rings is 1. The van der Waals surface area contributed by atoms with E-state index >= 15 is 0 Å². The highest BCUT2D eigenvalue weighted by molar-refractivity contribution is 9.10. The number of carbonyl (C=O) groups excluding carboxylic acids is 4. The van der Waals surface area contributed by atoms with Gasteiger partial charge in [0, 0.05) is 45.5 Å². The number of hydrogen-bond donors (Lipinski definition) is 2. The van der Waals surface area contributed by atoms with Gasteiger partial charge in [0.15, 0.2) is 5.82 Å². The molecule has 0 aliphatic carbocycles. The van der Waals surface area contributed by atoms with Crippen LogP contribution >= 0.6 is 27.5 Å². The molecule has 1 aromatic heterocycles. The number of anilines is 1. The highest BCUT2D eigenvalue weighted by Gasteiger charge is 2.26. The van der Waals surface area contributed by atoms with E-state index in [1.165, 1.54) is 12.3 Å². The number of alkyl carbamates (subject to hydrolysis) is 1. The summed E-state index contributed by atoms with van der Waals surface area (Å²) in [7, 11) is 1.71. The van der Waals surface area contributed by atoms with E-state index in [4.69, 9.17) is 21.1 Å². The molecular formula is C26H34BrClN6O6. The molecule has 0 radical (unpaired) electrons. The van der Waals surface area contributed by atoms with E-state index in [1.807, 2.05) is 0 Å². The summed E-state index contributed by atoms with van der Waals surface area (Å²) in [6.07, 6.45) is 1.21. The maximum atomic E-state index is 13.1. The van der Waals surface area contributed by atoms with Crippen molar-refractivity contribution in [3.8, 4) is 0 Å². The standard InChI is InChI=1S/C26H34BrClN6O6/c1-26(2,3)40-25(38)29-8-14-39-13-7-21(35)33-9-11-34(12-10-33)24(37)18-6-5-17(15-19(18)28)31-23(36)22-30-16-20(27)32(22)4/h5-6,15-16H,7-14H2,1-4H3,(H,29,38)(H,31,36). The predicted octanol–water partition coefficient (Wildman–Crippen LogP) is 3.30. The van der Waals surface area contributed by atoms with Crippen LogP contribution in [0.1, 0.15) is 48.2 Å². The molecule has 1 aliphatic heterocycles. The van der Waals surface area contributed by atoms with E-state index in [9.17, 15) is 19.2 Å². The van der Waals surface area contributed by atoms with Crippen molar-refractivity contribution >= 4 is 57.0 Å². The van der Waals surface area contributed by atoms with Gasteiger partial charge in [-0.05, 0) is 54.9 Å². The Balaban J connectivity index is 1.39. The van der Waals surface area contributed by atoms with Gasteiger partial charge in [0.05, 0.1) is 36.4 Å². The minimum atomic E-state index is -0.569. The Bertz CT molecular complexity index is 1240. The second-order valence-corrected chi connectivity index (χ2v) is 11.3. The summed E-state index contributed by atoms with van der Waals surface area (Å²) in [5, 5.41) is 5.53. The number of halogens is 2. The normalized spacial score (nSPS) is 13.7. The third kappa shape index (κ3) is 8.93. The average molecular weight is 642 g/mol. The van der Waals surface area contributed by atoms with Crippen LogP contribution in [0.4, 0.5) is 10.5 Å². The van der Waals surface area contributed by atoms with Gasteiger partial charge in [-0.2, -0.15) is 0 Å². The molecule has 218 valence electrons. The lowest BCUT2D eigenvalue weighted by molar-refractivity contribution is -0.133. The van der Waals surface area contributed by atoms with Gasteiger partial charge in [0.2, 0.25) is 5.91 Å². The topological polar surface area (TPSA) is 135 Å². The number of nitrogens with zero attached hydrogens (tertiary/aromatic N) is 4. The first kappa shape index (κ1) is 31.4. The van der Waals surface area contributed by atoms with Crippen LogP contribution in [0.5, 0.6) is 0 Å². The van der Waals surface area contributed by atoms with E-state index in [2.05, 4.69) is 31.5 Å². The van der Waals surface area contributed by atoms with Crippen molar-refractivity contribution in [2.75, 3.05) is 51.3 Å². The van der Waals surface area contributed by atoms with E-state index in [0.29, 0.717) is 42.0 Å². The van der Waals surface area contributed by atoms with Crippen LogP contribution in [-0.4, -0.2) is 94.7 Å². The zero-order chi connectivity index (χ0) is 29.4. The van der Waals surface area contributed by atoms with Gasteiger partial charge in [-0.25, -0.2) is 9.78 Å². The zero-order valence-electron chi connectivity index (χ0n) is 23.0. The number of aromatic nitrogens is 2. The lowest BCUT2D eigenvalue weighted by Crippen LogP contribution is -2.50. The minimum absolute atomic E-state index is 0.0648. The molecule has 4 amide bonds. The molecule has 2 aromatic rings. The molecule has 0 atom stereocenters. The highest BCUT2D eigenvalue weighted by atomic mass is 79.9. The number of benzene rings is 1. The van der Waals surface area contributed by atoms with E-state index in [1.54, 1.807) is 54.3 Å². The third-order valence-corrected chi connectivity index (χ3v) is 6.94. The molecule has 1 aliphatic rings. The van der Waals surface area contributed by atoms with Crippen LogP contribution in [-0.2, 0) is 21.3 Å². The first-order valence-corrected chi connectivity index (χ1v) is 13.9. The molecule has 12 nitrogen and oxygen atoms in total. The van der Waals surface area contributed by atoms with Crippen LogP contribution in [0.15, 0.2) is 29.0 Å². The lowest BCUT2D eigenvalue weighted by Gasteiger charge is -2.35. The molecule has 0 unspecified atom stereocenters. The summed E-state index contributed by atoms with van der Waals surface area (Å²) < 4.78 is 12.8. The van der Waals surface area contributed by atoms with Gasteiger partial charge in [0.1, 0.15) is 10.2 Å². The molecule has 40 heavy (non-hydrogen) atoms. The Labute approximate surface area is 246 Å². The number of ether oxygens (including phenoxy) is 2. The molecule has 1 aromatic carbocycles. The van der Waals surface area contributed by atoms with E-state index < -0.39 is 17.6 Å². The fourth-order valence-corrected chi connectivity index (χ4v) is 4.37. The molecular weight excluding hydrogens is 608 g/mol. The monoisotopic (exact) mass is 640 g/mol. The number of hydrogen-bond acceptors (Lipinski definition) is 7. The molecule has 0 bridgehead atoms. The van der Waals surface area contributed by atoms with Gasteiger partial charge in [0.25, 0.3) is 11.8 Å². The van der Waals surface area contributed by atoms with Crippen LogP contribution in [0.2, 0.25) is 5.02 Å².